The van der Waals surface area contributed by atoms with Crippen LogP contribution in [0.15, 0.2) is 205 Å². The molecule has 1 fully saturated rings. The third-order valence-electron chi connectivity index (χ3n) is 13.2. The maximum absolute atomic E-state index is 6.54. The molecule has 0 aliphatic heterocycles. The lowest BCUT2D eigenvalue weighted by Gasteiger charge is -2.29. The minimum Gasteiger partial charge on any atom is -0.456 e. The fourth-order valence-corrected chi connectivity index (χ4v) is 10.4. The molecule has 3 heteroatoms. The largest absolute Gasteiger partial charge is 0.456 e. The van der Waals surface area contributed by atoms with Crippen molar-refractivity contribution in [2.75, 3.05) is 4.90 Å². The summed E-state index contributed by atoms with van der Waals surface area (Å²) < 4.78 is 8.92. The van der Waals surface area contributed by atoms with Gasteiger partial charge in [0.2, 0.25) is 0 Å². The first-order valence-corrected chi connectivity index (χ1v) is 21.8. The second kappa shape index (κ2) is 14.7. The number of para-hydroxylation sites is 4. The molecule has 3 nitrogen and oxygen atoms in total. The topological polar surface area (TPSA) is 21.3 Å². The molecule has 9 aromatic carbocycles. The predicted molar refractivity (Wildman–Crippen MR) is 257 cm³/mol. The van der Waals surface area contributed by atoms with Crippen LogP contribution < -0.4 is 4.90 Å². The molecule has 0 spiro atoms. The van der Waals surface area contributed by atoms with Crippen LogP contribution >= 0.6 is 0 Å². The van der Waals surface area contributed by atoms with Gasteiger partial charge in [-0.1, -0.05) is 147 Å². The summed E-state index contributed by atoms with van der Waals surface area (Å²) in [4.78, 5) is 2.44. The van der Waals surface area contributed by atoms with Gasteiger partial charge in [0, 0.05) is 50.2 Å². The lowest BCUT2D eigenvalue weighted by Crippen LogP contribution is -2.11. The highest BCUT2D eigenvalue weighted by Gasteiger charge is 2.24. The molecule has 0 amide bonds. The van der Waals surface area contributed by atoms with Gasteiger partial charge in [-0.05, 0) is 119 Å². The van der Waals surface area contributed by atoms with Gasteiger partial charge >= 0.3 is 0 Å². The molecule has 0 atom stereocenters. The molecule has 11 aromatic rings. The summed E-state index contributed by atoms with van der Waals surface area (Å²) in [5.41, 5.74) is 14.9. The Morgan fingerprint density at radius 2 is 1.13 bits per heavy atom. The van der Waals surface area contributed by atoms with Gasteiger partial charge in [-0.15, -0.1) is 0 Å². The Hall–Kier alpha value is -7.36. The normalized spacial score (nSPS) is 13.5. The van der Waals surface area contributed by atoms with Crippen LogP contribution in [0.5, 0.6) is 0 Å². The van der Waals surface area contributed by atoms with E-state index in [4.69, 9.17) is 4.42 Å². The van der Waals surface area contributed by atoms with E-state index in [9.17, 15) is 0 Å². The second-order valence-electron chi connectivity index (χ2n) is 16.7. The average molecular weight is 785 g/mol. The first kappa shape index (κ1) is 35.6. The number of nitrogens with zero attached hydrogens (tertiary/aromatic N) is 2. The molecular formula is C58H44N2O. The molecule has 1 saturated carbocycles. The van der Waals surface area contributed by atoms with Crippen LogP contribution in [0.3, 0.4) is 0 Å². The number of furan rings is 1. The molecule has 1 aliphatic carbocycles. The highest BCUT2D eigenvalue weighted by atomic mass is 16.3. The molecule has 1 aliphatic rings. The van der Waals surface area contributed by atoms with Crippen LogP contribution in [0.4, 0.5) is 17.1 Å². The summed E-state index contributed by atoms with van der Waals surface area (Å²) in [6.07, 6.45) is 6.45. The number of hydrogen-bond donors (Lipinski definition) is 0. The number of hydrogen-bond acceptors (Lipinski definition) is 2. The number of anilines is 3. The van der Waals surface area contributed by atoms with Crippen molar-refractivity contribution in [3.63, 3.8) is 0 Å². The summed E-state index contributed by atoms with van der Waals surface area (Å²) in [6.45, 7) is 0. The second-order valence-corrected chi connectivity index (χ2v) is 16.7. The lowest BCUT2D eigenvalue weighted by molar-refractivity contribution is 0.445. The molecule has 0 saturated heterocycles. The quantitative estimate of drug-likeness (QED) is 0.161. The number of fused-ring (bicyclic) bond motifs is 7. The summed E-state index contributed by atoms with van der Waals surface area (Å²) in [7, 11) is 0. The highest BCUT2D eigenvalue weighted by molar-refractivity contribution is 6.11. The van der Waals surface area contributed by atoms with E-state index >= 15 is 0 Å². The van der Waals surface area contributed by atoms with E-state index in [-0.39, 0.29) is 0 Å². The monoisotopic (exact) mass is 784 g/mol. The van der Waals surface area contributed by atoms with E-state index < -0.39 is 0 Å². The van der Waals surface area contributed by atoms with Crippen molar-refractivity contribution < 1.29 is 4.42 Å². The molecule has 2 aromatic heterocycles. The van der Waals surface area contributed by atoms with Crippen molar-refractivity contribution in [2.24, 2.45) is 0 Å². The van der Waals surface area contributed by atoms with E-state index in [0.717, 1.165) is 50.3 Å². The van der Waals surface area contributed by atoms with Gasteiger partial charge in [0.25, 0.3) is 0 Å². The Bertz CT molecular complexity index is 3420. The zero-order valence-electron chi connectivity index (χ0n) is 34.0. The molecule has 12 rings (SSSR count). The van der Waals surface area contributed by atoms with Crippen LogP contribution in [-0.4, -0.2) is 4.57 Å². The van der Waals surface area contributed by atoms with E-state index in [0.29, 0.717) is 5.92 Å². The number of aromatic nitrogens is 1. The van der Waals surface area contributed by atoms with Gasteiger partial charge in [0.05, 0.1) is 16.7 Å². The lowest BCUT2D eigenvalue weighted by atomic mass is 9.80. The third-order valence-corrected chi connectivity index (χ3v) is 13.2. The molecule has 0 bridgehead atoms. The zero-order valence-corrected chi connectivity index (χ0v) is 34.0. The standard InChI is InChI=1S/C58H44N2O/c1-3-16-39(17-4-1)46-27-14-18-40-19-15-28-51(58(40)46)47-24-7-10-29-53(47)59(45-33-34-50-49-26-9-12-31-56(49)61-57(50)38-45)44-23-13-20-41(36-44)42-32-35-55-52(37-42)48-25-8-11-30-54(48)60(55)43-21-5-2-6-22-43/h2,5-15,18-39H,1,3-4,16-17H2. The van der Waals surface area contributed by atoms with Crippen LogP contribution in [0.2, 0.25) is 0 Å². The Morgan fingerprint density at radius 1 is 0.443 bits per heavy atom. The minimum absolute atomic E-state index is 0.577. The van der Waals surface area contributed by atoms with Gasteiger partial charge in [-0.3, -0.25) is 0 Å². The minimum atomic E-state index is 0.577. The van der Waals surface area contributed by atoms with Gasteiger partial charge in [-0.2, -0.15) is 0 Å². The summed E-state index contributed by atoms with van der Waals surface area (Å²) >= 11 is 0. The summed E-state index contributed by atoms with van der Waals surface area (Å²) in [6, 6.07) is 73.3. The van der Waals surface area contributed by atoms with Crippen molar-refractivity contribution in [1.82, 2.24) is 4.57 Å². The van der Waals surface area contributed by atoms with Gasteiger partial charge in [-0.25, -0.2) is 0 Å². The van der Waals surface area contributed by atoms with Gasteiger partial charge in [0.15, 0.2) is 0 Å². The highest BCUT2D eigenvalue weighted by Crippen LogP contribution is 2.47. The van der Waals surface area contributed by atoms with Crippen molar-refractivity contribution in [3.05, 3.63) is 206 Å². The maximum Gasteiger partial charge on any atom is 0.137 e. The zero-order chi connectivity index (χ0) is 40.3. The Kier molecular flexibility index (Phi) is 8.59. The van der Waals surface area contributed by atoms with E-state index in [2.05, 4.69) is 204 Å². The fraction of sp³-hybridized carbons (Fsp3) is 0.103. The molecule has 292 valence electrons. The van der Waals surface area contributed by atoms with Gasteiger partial charge in [0.1, 0.15) is 11.2 Å². The van der Waals surface area contributed by atoms with Gasteiger partial charge < -0.3 is 13.9 Å². The fourth-order valence-electron chi connectivity index (χ4n) is 10.4. The molecule has 61 heavy (non-hydrogen) atoms. The van der Waals surface area contributed by atoms with E-state index in [1.807, 2.05) is 6.07 Å². The summed E-state index contributed by atoms with van der Waals surface area (Å²) in [5, 5.41) is 7.43. The Balaban J connectivity index is 1.06. The first-order valence-electron chi connectivity index (χ1n) is 21.8. The average Bonchev–Trinajstić information content (AvgIpc) is 3.87. The molecule has 2 heterocycles. The molecule has 0 unspecified atom stereocenters. The SMILES string of the molecule is c1ccc(-n2c3ccccc3c3cc(-c4cccc(N(c5ccc6c(c5)oc5ccccc56)c5ccccc5-c5cccc6cccc(C7CCCCC7)c56)c4)ccc32)cc1. The van der Waals surface area contributed by atoms with Crippen LogP contribution in [0.1, 0.15) is 43.6 Å². The first-order chi connectivity index (χ1) is 30.3. The smallest absolute Gasteiger partial charge is 0.137 e. The maximum atomic E-state index is 6.54. The van der Waals surface area contributed by atoms with E-state index in [1.165, 1.54) is 86.9 Å². The van der Waals surface area contributed by atoms with Crippen LogP contribution in [0, 0.1) is 0 Å². The van der Waals surface area contributed by atoms with E-state index in [1.54, 1.807) is 0 Å². The molecule has 0 radical (unpaired) electrons. The molecule has 0 N–H and O–H groups in total. The Morgan fingerprint density at radius 3 is 2.03 bits per heavy atom. The summed E-state index contributed by atoms with van der Waals surface area (Å²) in [5.74, 6) is 0.577. The molecular weight excluding hydrogens is 741 g/mol. The Labute approximate surface area is 355 Å². The predicted octanol–water partition coefficient (Wildman–Crippen LogP) is 16.7. The van der Waals surface area contributed by atoms with Crippen molar-refractivity contribution >= 4 is 71.6 Å². The van der Waals surface area contributed by atoms with Crippen LogP contribution in [0.25, 0.3) is 82.5 Å². The van der Waals surface area contributed by atoms with Crippen molar-refractivity contribution in [2.45, 2.75) is 38.0 Å². The third kappa shape index (κ3) is 6.03. The number of benzene rings is 9. The van der Waals surface area contributed by atoms with Crippen LogP contribution in [-0.2, 0) is 0 Å². The number of rotatable bonds is 7. The van der Waals surface area contributed by atoms with Crippen molar-refractivity contribution in [1.29, 1.82) is 0 Å². The van der Waals surface area contributed by atoms with Crippen molar-refractivity contribution in [3.8, 4) is 27.9 Å².